The lowest BCUT2D eigenvalue weighted by Crippen LogP contribution is -2.37. The molecule has 1 unspecified atom stereocenters. The molecule has 2 heterocycles. The maximum absolute atomic E-state index is 12.4. The average Bonchev–Trinajstić information content (AvgIpc) is 3.22. The lowest BCUT2D eigenvalue weighted by atomic mass is 10.1. The molecular weight excluding hydrogens is 414 g/mol. The molecule has 3 rings (SSSR count). The van der Waals surface area contributed by atoms with Gasteiger partial charge in [0.1, 0.15) is 5.76 Å². The van der Waals surface area contributed by atoms with E-state index >= 15 is 0 Å². The van der Waals surface area contributed by atoms with Crippen LogP contribution in [0.15, 0.2) is 45.5 Å². The van der Waals surface area contributed by atoms with Crippen LogP contribution in [0.2, 0.25) is 0 Å². The van der Waals surface area contributed by atoms with E-state index < -0.39 is 0 Å². The van der Waals surface area contributed by atoms with Crippen molar-refractivity contribution in [3.63, 3.8) is 0 Å². The van der Waals surface area contributed by atoms with Gasteiger partial charge in [-0.15, -0.1) is 0 Å². The number of carbonyl (C=O) groups excluding carboxylic acids is 3. The summed E-state index contributed by atoms with van der Waals surface area (Å²) < 4.78 is 6.14. The SMILES string of the molecule is CN(C)C(CNC(=O)CCN1C(=O)c2ccc(Br)cc2C1=O)c1ccco1. The Morgan fingerprint density at radius 1 is 1.22 bits per heavy atom. The van der Waals surface area contributed by atoms with E-state index in [1.807, 2.05) is 25.1 Å². The van der Waals surface area contributed by atoms with Crippen LogP contribution < -0.4 is 5.32 Å². The maximum Gasteiger partial charge on any atom is 0.261 e. The van der Waals surface area contributed by atoms with E-state index in [9.17, 15) is 14.4 Å². The van der Waals surface area contributed by atoms with E-state index in [2.05, 4.69) is 21.2 Å². The first kappa shape index (κ1) is 19.3. The monoisotopic (exact) mass is 433 g/mol. The van der Waals surface area contributed by atoms with Gasteiger partial charge in [-0.2, -0.15) is 0 Å². The van der Waals surface area contributed by atoms with Gasteiger partial charge < -0.3 is 9.73 Å². The van der Waals surface area contributed by atoms with Crippen molar-refractivity contribution in [1.29, 1.82) is 0 Å². The largest absolute Gasteiger partial charge is 0.468 e. The predicted molar refractivity (Wildman–Crippen MR) is 102 cm³/mol. The third-order valence-corrected chi connectivity index (χ3v) is 4.98. The number of benzene rings is 1. The van der Waals surface area contributed by atoms with E-state index in [-0.39, 0.29) is 36.7 Å². The molecule has 8 heteroatoms. The van der Waals surface area contributed by atoms with E-state index in [1.54, 1.807) is 30.5 Å². The normalized spacial score (nSPS) is 14.6. The summed E-state index contributed by atoms with van der Waals surface area (Å²) in [5.41, 5.74) is 0.731. The summed E-state index contributed by atoms with van der Waals surface area (Å²) in [6.45, 7) is 0.414. The van der Waals surface area contributed by atoms with Gasteiger partial charge in [0.05, 0.1) is 23.4 Å². The Hall–Kier alpha value is -2.45. The third-order valence-electron chi connectivity index (χ3n) is 4.48. The number of likely N-dealkylation sites (N-methyl/N-ethyl adjacent to an activating group) is 1. The fraction of sp³-hybridized carbons (Fsp3) is 0.316. The van der Waals surface area contributed by atoms with E-state index in [0.717, 1.165) is 15.1 Å². The number of amides is 3. The Kier molecular flexibility index (Phi) is 5.76. The number of nitrogens with one attached hydrogen (secondary N) is 1. The summed E-state index contributed by atoms with van der Waals surface area (Å²) >= 11 is 3.30. The van der Waals surface area contributed by atoms with Gasteiger partial charge >= 0.3 is 0 Å². The highest BCUT2D eigenvalue weighted by atomic mass is 79.9. The Bertz CT molecular complexity index is 864. The highest BCUT2D eigenvalue weighted by molar-refractivity contribution is 9.10. The topological polar surface area (TPSA) is 82.9 Å². The number of carbonyl (C=O) groups is 3. The smallest absolute Gasteiger partial charge is 0.261 e. The van der Waals surface area contributed by atoms with Crippen LogP contribution >= 0.6 is 15.9 Å². The molecule has 1 aromatic heterocycles. The van der Waals surface area contributed by atoms with Crippen molar-refractivity contribution in [2.24, 2.45) is 0 Å². The van der Waals surface area contributed by atoms with Crippen LogP contribution in [-0.2, 0) is 4.79 Å². The summed E-state index contributed by atoms with van der Waals surface area (Å²) in [5, 5.41) is 2.84. The second-order valence-electron chi connectivity index (χ2n) is 6.50. The molecule has 142 valence electrons. The molecule has 1 atom stereocenters. The van der Waals surface area contributed by atoms with Gasteiger partial charge in [0.15, 0.2) is 0 Å². The molecule has 0 aliphatic carbocycles. The van der Waals surface area contributed by atoms with Crippen molar-refractivity contribution in [2.45, 2.75) is 12.5 Å². The van der Waals surface area contributed by atoms with Gasteiger partial charge in [0.2, 0.25) is 5.91 Å². The molecule has 0 saturated heterocycles. The van der Waals surface area contributed by atoms with E-state index in [0.29, 0.717) is 17.7 Å². The van der Waals surface area contributed by atoms with Crippen LogP contribution in [0, 0.1) is 0 Å². The Labute approximate surface area is 165 Å². The van der Waals surface area contributed by atoms with Crippen molar-refractivity contribution in [1.82, 2.24) is 15.1 Å². The first-order chi connectivity index (χ1) is 12.9. The number of nitrogens with zero attached hydrogens (tertiary/aromatic N) is 2. The van der Waals surface area contributed by atoms with Gasteiger partial charge in [-0.25, -0.2) is 0 Å². The van der Waals surface area contributed by atoms with Crippen molar-refractivity contribution < 1.29 is 18.8 Å². The van der Waals surface area contributed by atoms with Crippen molar-refractivity contribution >= 4 is 33.7 Å². The zero-order chi connectivity index (χ0) is 19.6. The highest BCUT2D eigenvalue weighted by Gasteiger charge is 2.35. The van der Waals surface area contributed by atoms with Gasteiger partial charge in [-0.1, -0.05) is 15.9 Å². The second-order valence-corrected chi connectivity index (χ2v) is 7.42. The number of fused-ring (bicyclic) bond motifs is 1. The molecule has 27 heavy (non-hydrogen) atoms. The molecule has 0 saturated carbocycles. The fourth-order valence-electron chi connectivity index (χ4n) is 3.00. The van der Waals surface area contributed by atoms with Crippen LogP contribution in [0.3, 0.4) is 0 Å². The number of rotatable bonds is 7. The molecule has 0 spiro atoms. The molecule has 1 aliphatic rings. The van der Waals surface area contributed by atoms with Crippen LogP contribution in [0.25, 0.3) is 0 Å². The average molecular weight is 434 g/mol. The summed E-state index contributed by atoms with van der Waals surface area (Å²) in [7, 11) is 3.80. The molecule has 1 aromatic carbocycles. The minimum atomic E-state index is -0.370. The standard InChI is InChI=1S/C19H20BrN3O4/c1-22(2)15(16-4-3-9-27-16)11-21-17(24)7-8-23-18(25)13-6-5-12(20)10-14(13)19(23)26/h3-6,9-10,15H,7-8,11H2,1-2H3,(H,21,24). The zero-order valence-corrected chi connectivity index (χ0v) is 16.7. The maximum atomic E-state index is 12.4. The fourth-order valence-corrected chi connectivity index (χ4v) is 3.36. The van der Waals surface area contributed by atoms with Gasteiger partial charge in [0.25, 0.3) is 11.8 Å². The first-order valence-electron chi connectivity index (χ1n) is 8.50. The van der Waals surface area contributed by atoms with E-state index in [4.69, 9.17) is 4.42 Å². The minimum Gasteiger partial charge on any atom is -0.468 e. The molecule has 7 nitrogen and oxygen atoms in total. The molecule has 0 bridgehead atoms. The lowest BCUT2D eigenvalue weighted by Gasteiger charge is -2.22. The van der Waals surface area contributed by atoms with Crippen LogP contribution in [0.4, 0.5) is 0 Å². The van der Waals surface area contributed by atoms with E-state index in [1.165, 1.54) is 0 Å². The third kappa shape index (κ3) is 4.12. The lowest BCUT2D eigenvalue weighted by molar-refractivity contribution is -0.121. The van der Waals surface area contributed by atoms with Gasteiger partial charge in [0, 0.05) is 24.0 Å². The predicted octanol–water partition coefficient (Wildman–Crippen LogP) is 2.45. The Morgan fingerprint density at radius 2 is 1.96 bits per heavy atom. The van der Waals surface area contributed by atoms with Crippen molar-refractivity contribution in [2.75, 3.05) is 27.2 Å². The van der Waals surface area contributed by atoms with Gasteiger partial charge in [-0.3, -0.25) is 24.2 Å². The minimum absolute atomic E-state index is 0.0448. The number of imide groups is 1. The second kappa shape index (κ2) is 8.06. The highest BCUT2D eigenvalue weighted by Crippen LogP contribution is 2.26. The molecule has 3 amide bonds. The first-order valence-corrected chi connectivity index (χ1v) is 9.30. The molecule has 1 aliphatic heterocycles. The number of halogens is 1. The molecular formula is C19H20BrN3O4. The van der Waals surface area contributed by atoms with Crippen LogP contribution in [-0.4, -0.2) is 54.7 Å². The quantitative estimate of drug-likeness (QED) is 0.677. The molecule has 2 aromatic rings. The van der Waals surface area contributed by atoms with Crippen LogP contribution in [0.5, 0.6) is 0 Å². The number of furan rings is 1. The molecule has 1 N–H and O–H groups in total. The van der Waals surface area contributed by atoms with Crippen molar-refractivity contribution in [3.8, 4) is 0 Å². The van der Waals surface area contributed by atoms with Gasteiger partial charge in [-0.05, 0) is 44.4 Å². The molecule has 0 fully saturated rings. The van der Waals surface area contributed by atoms with Crippen LogP contribution in [0.1, 0.15) is 38.9 Å². The number of hydrogen-bond donors (Lipinski definition) is 1. The summed E-state index contributed by atoms with van der Waals surface area (Å²) in [6, 6.07) is 8.52. The summed E-state index contributed by atoms with van der Waals surface area (Å²) in [4.78, 5) is 40.1. The summed E-state index contributed by atoms with van der Waals surface area (Å²) in [5.74, 6) is -0.208. The Morgan fingerprint density at radius 3 is 2.63 bits per heavy atom. The number of hydrogen-bond acceptors (Lipinski definition) is 5. The molecule has 0 radical (unpaired) electrons. The van der Waals surface area contributed by atoms with Crippen molar-refractivity contribution in [3.05, 3.63) is 58.0 Å². The Balaban J connectivity index is 1.55. The summed E-state index contributed by atoms with van der Waals surface area (Å²) in [6.07, 6.45) is 1.64. The zero-order valence-electron chi connectivity index (χ0n) is 15.1.